The van der Waals surface area contributed by atoms with E-state index in [0.29, 0.717) is 5.02 Å². The van der Waals surface area contributed by atoms with Crippen LogP contribution in [0.2, 0.25) is 5.02 Å². The Bertz CT molecular complexity index is 811. The van der Waals surface area contributed by atoms with E-state index >= 15 is 0 Å². The highest BCUT2D eigenvalue weighted by Crippen LogP contribution is 2.36. The molecule has 1 nitrogen and oxygen atoms in total. The molecule has 0 aliphatic heterocycles. The average Bonchev–Trinajstić information content (AvgIpc) is 2.47. The molecule has 0 aromatic heterocycles. The molecule has 0 heterocycles. The van der Waals surface area contributed by atoms with Gasteiger partial charge in [0.15, 0.2) is 0 Å². The van der Waals surface area contributed by atoms with Gasteiger partial charge in [-0.1, -0.05) is 48.0 Å². The number of halogens is 2. The average molecular weight is 300 g/mol. The molecule has 0 fully saturated rings. The topological polar surface area (TPSA) is 26.0 Å². The standard InChI is InChI=1S/C18H15ClFN/c1-11(21)13-7-6-12(20)10-17(13)15-8-9-18(19)16-5-3-2-4-14(15)16/h2-11H,21H2,1H3. The Balaban J connectivity index is 2.36. The van der Waals surface area contributed by atoms with E-state index in [2.05, 4.69) is 0 Å². The Labute approximate surface area is 128 Å². The molecule has 3 heteroatoms. The van der Waals surface area contributed by atoms with Gasteiger partial charge in [-0.25, -0.2) is 4.39 Å². The van der Waals surface area contributed by atoms with Crippen LogP contribution in [0, 0.1) is 5.82 Å². The molecule has 3 aromatic rings. The van der Waals surface area contributed by atoms with E-state index in [1.54, 1.807) is 6.07 Å². The summed E-state index contributed by atoms with van der Waals surface area (Å²) in [7, 11) is 0. The highest BCUT2D eigenvalue weighted by molar-refractivity contribution is 6.36. The number of hydrogen-bond acceptors (Lipinski definition) is 1. The van der Waals surface area contributed by atoms with E-state index in [0.717, 1.165) is 27.5 Å². The molecule has 106 valence electrons. The maximum atomic E-state index is 13.7. The first-order valence-electron chi connectivity index (χ1n) is 6.80. The third-order valence-corrected chi connectivity index (χ3v) is 4.00. The molecule has 3 aromatic carbocycles. The zero-order chi connectivity index (χ0) is 15.0. The number of benzene rings is 3. The summed E-state index contributed by atoms with van der Waals surface area (Å²) < 4.78 is 13.7. The first kappa shape index (κ1) is 14.1. The minimum absolute atomic E-state index is 0.171. The zero-order valence-corrected chi connectivity index (χ0v) is 12.4. The van der Waals surface area contributed by atoms with Gasteiger partial charge in [-0.2, -0.15) is 0 Å². The summed E-state index contributed by atoms with van der Waals surface area (Å²) in [6.07, 6.45) is 0. The van der Waals surface area contributed by atoms with Gasteiger partial charge in [0.25, 0.3) is 0 Å². The Hall–Kier alpha value is -1.90. The van der Waals surface area contributed by atoms with Gasteiger partial charge in [0, 0.05) is 16.5 Å². The lowest BCUT2D eigenvalue weighted by Gasteiger charge is -2.15. The molecular weight excluding hydrogens is 285 g/mol. The monoisotopic (exact) mass is 299 g/mol. The zero-order valence-electron chi connectivity index (χ0n) is 11.6. The summed E-state index contributed by atoms with van der Waals surface area (Å²) in [5.74, 6) is -0.270. The predicted molar refractivity (Wildman–Crippen MR) is 87.0 cm³/mol. The predicted octanol–water partition coefficient (Wildman–Crippen LogP) is 5.32. The van der Waals surface area contributed by atoms with Crippen molar-refractivity contribution in [2.75, 3.05) is 0 Å². The van der Waals surface area contributed by atoms with Gasteiger partial charge in [-0.15, -0.1) is 0 Å². The first-order chi connectivity index (χ1) is 10.1. The Kier molecular flexibility index (Phi) is 3.66. The summed E-state index contributed by atoms with van der Waals surface area (Å²) in [4.78, 5) is 0. The van der Waals surface area contributed by atoms with Crippen LogP contribution in [0.4, 0.5) is 4.39 Å². The first-order valence-corrected chi connectivity index (χ1v) is 7.18. The van der Waals surface area contributed by atoms with Crippen LogP contribution in [0.3, 0.4) is 0 Å². The third-order valence-electron chi connectivity index (χ3n) is 3.67. The fraction of sp³-hybridized carbons (Fsp3) is 0.111. The van der Waals surface area contributed by atoms with Crippen molar-refractivity contribution in [3.8, 4) is 11.1 Å². The second kappa shape index (κ2) is 5.47. The van der Waals surface area contributed by atoms with Crippen LogP contribution in [0.5, 0.6) is 0 Å². The van der Waals surface area contributed by atoms with Crippen molar-refractivity contribution in [2.24, 2.45) is 5.73 Å². The fourth-order valence-corrected chi connectivity index (χ4v) is 2.88. The van der Waals surface area contributed by atoms with Crippen molar-refractivity contribution in [1.82, 2.24) is 0 Å². The second-order valence-electron chi connectivity index (χ2n) is 5.16. The molecule has 0 amide bonds. The van der Waals surface area contributed by atoms with Gasteiger partial charge in [0.1, 0.15) is 5.82 Å². The smallest absolute Gasteiger partial charge is 0.123 e. The van der Waals surface area contributed by atoms with Crippen molar-refractivity contribution < 1.29 is 4.39 Å². The summed E-state index contributed by atoms with van der Waals surface area (Å²) in [5, 5.41) is 2.64. The molecule has 0 aliphatic rings. The van der Waals surface area contributed by atoms with Crippen molar-refractivity contribution in [3.05, 3.63) is 71.0 Å². The Morgan fingerprint density at radius 3 is 2.38 bits per heavy atom. The highest BCUT2D eigenvalue weighted by atomic mass is 35.5. The lowest BCUT2D eigenvalue weighted by atomic mass is 9.92. The molecule has 0 spiro atoms. The molecule has 0 aliphatic carbocycles. The lowest BCUT2D eigenvalue weighted by molar-refractivity contribution is 0.626. The minimum atomic E-state index is -0.270. The summed E-state index contributed by atoms with van der Waals surface area (Å²) in [5.41, 5.74) is 8.71. The number of rotatable bonds is 2. The van der Waals surface area contributed by atoms with Gasteiger partial charge >= 0.3 is 0 Å². The van der Waals surface area contributed by atoms with E-state index in [1.807, 2.05) is 43.3 Å². The molecule has 3 rings (SSSR count). The summed E-state index contributed by atoms with van der Waals surface area (Å²) in [6, 6.07) is 16.2. The maximum absolute atomic E-state index is 13.7. The minimum Gasteiger partial charge on any atom is -0.324 e. The molecule has 0 saturated heterocycles. The molecule has 1 unspecified atom stereocenters. The van der Waals surface area contributed by atoms with Crippen molar-refractivity contribution >= 4 is 22.4 Å². The van der Waals surface area contributed by atoms with Crippen LogP contribution in [0.1, 0.15) is 18.5 Å². The van der Waals surface area contributed by atoms with Crippen LogP contribution in [-0.4, -0.2) is 0 Å². The number of hydrogen-bond donors (Lipinski definition) is 1. The van der Waals surface area contributed by atoms with Crippen molar-refractivity contribution in [1.29, 1.82) is 0 Å². The van der Waals surface area contributed by atoms with E-state index in [4.69, 9.17) is 17.3 Å². The maximum Gasteiger partial charge on any atom is 0.123 e. The third kappa shape index (κ3) is 2.53. The largest absolute Gasteiger partial charge is 0.324 e. The van der Waals surface area contributed by atoms with Gasteiger partial charge in [-0.3, -0.25) is 0 Å². The Morgan fingerprint density at radius 2 is 1.67 bits per heavy atom. The van der Waals surface area contributed by atoms with Crippen molar-refractivity contribution in [2.45, 2.75) is 13.0 Å². The van der Waals surface area contributed by atoms with Crippen molar-refractivity contribution in [3.63, 3.8) is 0 Å². The van der Waals surface area contributed by atoms with Gasteiger partial charge in [0.05, 0.1) is 0 Å². The Morgan fingerprint density at radius 1 is 0.952 bits per heavy atom. The summed E-state index contributed by atoms with van der Waals surface area (Å²) >= 11 is 6.25. The molecule has 21 heavy (non-hydrogen) atoms. The van der Waals surface area contributed by atoms with Crippen LogP contribution < -0.4 is 5.73 Å². The molecule has 0 saturated carbocycles. The van der Waals surface area contributed by atoms with Crippen LogP contribution >= 0.6 is 11.6 Å². The van der Waals surface area contributed by atoms with Crippen LogP contribution in [0.25, 0.3) is 21.9 Å². The van der Waals surface area contributed by atoms with Gasteiger partial charge < -0.3 is 5.73 Å². The van der Waals surface area contributed by atoms with Gasteiger partial charge in [-0.05, 0) is 47.2 Å². The molecule has 1 atom stereocenters. The van der Waals surface area contributed by atoms with Gasteiger partial charge in [0.2, 0.25) is 0 Å². The highest BCUT2D eigenvalue weighted by Gasteiger charge is 2.13. The van der Waals surface area contributed by atoms with E-state index in [1.165, 1.54) is 12.1 Å². The second-order valence-corrected chi connectivity index (χ2v) is 5.57. The molecule has 0 radical (unpaired) electrons. The SMILES string of the molecule is CC(N)c1ccc(F)cc1-c1ccc(Cl)c2ccccc12. The number of nitrogens with two attached hydrogens (primary N) is 1. The number of fused-ring (bicyclic) bond motifs is 1. The summed E-state index contributed by atoms with van der Waals surface area (Å²) in [6.45, 7) is 1.90. The molecular formula is C18H15ClFN. The van der Waals surface area contributed by atoms with Crippen LogP contribution in [-0.2, 0) is 0 Å². The van der Waals surface area contributed by atoms with E-state index in [9.17, 15) is 4.39 Å². The molecule has 2 N–H and O–H groups in total. The lowest BCUT2D eigenvalue weighted by Crippen LogP contribution is -2.07. The quantitative estimate of drug-likeness (QED) is 0.681. The fourth-order valence-electron chi connectivity index (χ4n) is 2.66. The molecule has 0 bridgehead atoms. The van der Waals surface area contributed by atoms with E-state index in [-0.39, 0.29) is 11.9 Å². The normalized spacial score (nSPS) is 12.6. The van der Waals surface area contributed by atoms with Crippen LogP contribution in [0.15, 0.2) is 54.6 Å². The van der Waals surface area contributed by atoms with E-state index < -0.39 is 0 Å².